The molecule has 1 fully saturated rings. The lowest BCUT2D eigenvalue weighted by molar-refractivity contribution is 0.110. The van der Waals surface area contributed by atoms with Gasteiger partial charge in [-0.2, -0.15) is 0 Å². The van der Waals surface area contributed by atoms with Crippen molar-refractivity contribution < 1.29 is 5.11 Å². The fourth-order valence-electron chi connectivity index (χ4n) is 2.54. The lowest BCUT2D eigenvalue weighted by Gasteiger charge is -2.35. The standard InChI is InChI=1S/C14H21BrN2O/c1-10(18)11-4-6-17(7-5-11)13-3-2-12(9-16)14(15)8-13/h2-3,8,10-11,18H,4-7,9,16H2,1H3. The zero-order chi connectivity index (χ0) is 13.1. The molecule has 18 heavy (non-hydrogen) atoms. The van der Waals surface area contributed by atoms with E-state index in [4.69, 9.17) is 5.73 Å². The van der Waals surface area contributed by atoms with E-state index in [2.05, 4.69) is 39.0 Å². The summed E-state index contributed by atoms with van der Waals surface area (Å²) in [6.07, 6.45) is 1.94. The van der Waals surface area contributed by atoms with Crippen LogP contribution in [-0.2, 0) is 6.54 Å². The van der Waals surface area contributed by atoms with Crippen LogP contribution in [0.1, 0.15) is 25.3 Å². The first-order chi connectivity index (χ1) is 8.61. The Morgan fingerprint density at radius 1 is 1.44 bits per heavy atom. The van der Waals surface area contributed by atoms with Crippen LogP contribution < -0.4 is 10.6 Å². The molecule has 1 aliphatic heterocycles. The van der Waals surface area contributed by atoms with Crippen molar-refractivity contribution in [3.8, 4) is 0 Å². The fraction of sp³-hybridized carbons (Fsp3) is 0.571. The number of nitrogens with two attached hydrogens (primary N) is 1. The Morgan fingerprint density at radius 3 is 2.61 bits per heavy atom. The normalized spacial score (nSPS) is 19.0. The van der Waals surface area contributed by atoms with Gasteiger partial charge in [0.2, 0.25) is 0 Å². The minimum Gasteiger partial charge on any atom is -0.393 e. The number of aliphatic hydroxyl groups is 1. The van der Waals surface area contributed by atoms with Crippen LogP contribution >= 0.6 is 15.9 Å². The topological polar surface area (TPSA) is 49.5 Å². The molecular weight excluding hydrogens is 292 g/mol. The van der Waals surface area contributed by atoms with E-state index < -0.39 is 0 Å². The van der Waals surface area contributed by atoms with Gasteiger partial charge in [-0.25, -0.2) is 0 Å². The van der Waals surface area contributed by atoms with Gasteiger partial charge in [-0.05, 0) is 43.4 Å². The highest BCUT2D eigenvalue weighted by Gasteiger charge is 2.22. The Labute approximate surface area is 117 Å². The molecule has 100 valence electrons. The summed E-state index contributed by atoms with van der Waals surface area (Å²) >= 11 is 3.56. The number of benzene rings is 1. The molecule has 1 unspecified atom stereocenters. The minimum absolute atomic E-state index is 0.182. The third kappa shape index (κ3) is 3.05. The van der Waals surface area contributed by atoms with Crippen LogP contribution in [0.3, 0.4) is 0 Å². The summed E-state index contributed by atoms with van der Waals surface area (Å²) in [5.41, 5.74) is 8.03. The smallest absolute Gasteiger partial charge is 0.0541 e. The molecule has 0 bridgehead atoms. The zero-order valence-electron chi connectivity index (χ0n) is 10.8. The van der Waals surface area contributed by atoms with Crippen LogP contribution in [0.5, 0.6) is 0 Å². The van der Waals surface area contributed by atoms with Crippen molar-refractivity contribution in [2.75, 3.05) is 18.0 Å². The molecule has 3 nitrogen and oxygen atoms in total. The molecule has 1 heterocycles. The maximum absolute atomic E-state index is 9.61. The summed E-state index contributed by atoms with van der Waals surface area (Å²) in [4.78, 5) is 2.38. The molecule has 3 N–H and O–H groups in total. The summed E-state index contributed by atoms with van der Waals surface area (Å²) in [5.74, 6) is 0.452. The van der Waals surface area contributed by atoms with Crippen LogP contribution in [0.25, 0.3) is 0 Å². The molecule has 0 spiro atoms. The summed E-state index contributed by atoms with van der Waals surface area (Å²) in [7, 11) is 0. The van der Waals surface area contributed by atoms with Crippen molar-refractivity contribution in [2.24, 2.45) is 11.7 Å². The molecular formula is C14H21BrN2O. The SMILES string of the molecule is CC(O)C1CCN(c2ccc(CN)c(Br)c2)CC1. The van der Waals surface area contributed by atoms with Gasteiger partial charge < -0.3 is 15.7 Å². The first kappa shape index (κ1) is 13.8. The van der Waals surface area contributed by atoms with Crippen molar-refractivity contribution in [3.63, 3.8) is 0 Å². The number of hydrogen-bond acceptors (Lipinski definition) is 3. The Bertz CT molecular complexity index is 401. The van der Waals surface area contributed by atoms with Crippen LogP contribution in [-0.4, -0.2) is 24.3 Å². The van der Waals surface area contributed by atoms with Gasteiger partial charge in [0.15, 0.2) is 0 Å². The molecule has 4 heteroatoms. The van der Waals surface area contributed by atoms with Crippen LogP contribution in [0.15, 0.2) is 22.7 Å². The first-order valence-corrected chi connectivity index (χ1v) is 7.32. The van der Waals surface area contributed by atoms with Gasteiger partial charge >= 0.3 is 0 Å². The van der Waals surface area contributed by atoms with E-state index in [1.54, 1.807) is 0 Å². The van der Waals surface area contributed by atoms with Gasteiger partial charge in [-0.15, -0.1) is 0 Å². The Morgan fingerprint density at radius 2 is 2.11 bits per heavy atom. The van der Waals surface area contributed by atoms with Crippen LogP contribution in [0.2, 0.25) is 0 Å². The van der Waals surface area contributed by atoms with Gasteiger partial charge in [0.05, 0.1) is 6.10 Å². The molecule has 1 aromatic carbocycles. The molecule has 0 radical (unpaired) electrons. The molecule has 0 aliphatic carbocycles. The molecule has 1 saturated heterocycles. The second-order valence-electron chi connectivity index (χ2n) is 5.04. The van der Waals surface area contributed by atoms with E-state index in [9.17, 15) is 5.11 Å². The first-order valence-electron chi connectivity index (χ1n) is 6.53. The average Bonchev–Trinajstić information content (AvgIpc) is 2.38. The molecule has 1 aromatic rings. The van der Waals surface area contributed by atoms with E-state index in [0.29, 0.717) is 12.5 Å². The Balaban J connectivity index is 2.03. The quantitative estimate of drug-likeness (QED) is 0.901. The van der Waals surface area contributed by atoms with Gasteiger partial charge in [0, 0.05) is 29.8 Å². The van der Waals surface area contributed by atoms with E-state index >= 15 is 0 Å². The molecule has 1 atom stereocenters. The lowest BCUT2D eigenvalue weighted by atomic mass is 9.92. The van der Waals surface area contributed by atoms with Crippen molar-refractivity contribution >= 4 is 21.6 Å². The molecule has 2 rings (SSSR count). The second kappa shape index (κ2) is 6.04. The van der Waals surface area contributed by atoms with Gasteiger partial charge in [0.1, 0.15) is 0 Å². The maximum atomic E-state index is 9.61. The van der Waals surface area contributed by atoms with Gasteiger partial charge in [-0.3, -0.25) is 0 Å². The second-order valence-corrected chi connectivity index (χ2v) is 5.90. The number of nitrogens with zero attached hydrogens (tertiary/aromatic N) is 1. The zero-order valence-corrected chi connectivity index (χ0v) is 12.4. The van der Waals surface area contributed by atoms with E-state index in [1.165, 1.54) is 5.69 Å². The summed E-state index contributed by atoms with van der Waals surface area (Å²) < 4.78 is 1.08. The number of hydrogen-bond donors (Lipinski definition) is 2. The maximum Gasteiger partial charge on any atom is 0.0541 e. The third-order valence-electron chi connectivity index (χ3n) is 3.84. The Kier molecular flexibility index (Phi) is 4.65. The minimum atomic E-state index is -0.182. The summed E-state index contributed by atoms with van der Waals surface area (Å²) in [6, 6.07) is 6.36. The summed E-state index contributed by atoms with van der Waals surface area (Å²) in [6.45, 7) is 4.49. The number of rotatable bonds is 3. The molecule has 0 aromatic heterocycles. The van der Waals surface area contributed by atoms with Crippen LogP contribution in [0, 0.1) is 5.92 Å². The average molecular weight is 313 g/mol. The molecule has 0 saturated carbocycles. The molecule has 1 aliphatic rings. The highest BCUT2D eigenvalue weighted by molar-refractivity contribution is 9.10. The number of aliphatic hydroxyl groups excluding tert-OH is 1. The highest BCUT2D eigenvalue weighted by atomic mass is 79.9. The monoisotopic (exact) mass is 312 g/mol. The predicted octanol–water partition coefficient (Wildman–Crippen LogP) is 2.51. The number of halogens is 1. The Hall–Kier alpha value is -0.580. The van der Waals surface area contributed by atoms with E-state index in [-0.39, 0.29) is 6.10 Å². The number of piperidine rings is 1. The van der Waals surface area contributed by atoms with Crippen molar-refractivity contribution in [1.29, 1.82) is 0 Å². The van der Waals surface area contributed by atoms with Gasteiger partial charge in [0.25, 0.3) is 0 Å². The van der Waals surface area contributed by atoms with E-state index in [1.807, 2.05) is 6.92 Å². The molecule has 0 amide bonds. The van der Waals surface area contributed by atoms with Crippen molar-refractivity contribution in [1.82, 2.24) is 0 Å². The van der Waals surface area contributed by atoms with Crippen LogP contribution in [0.4, 0.5) is 5.69 Å². The van der Waals surface area contributed by atoms with E-state index in [0.717, 1.165) is 36.0 Å². The number of anilines is 1. The fourth-order valence-corrected chi connectivity index (χ4v) is 3.07. The third-order valence-corrected chi connectivity index (χ3v) is 4.58. The lowest BCUT2D eigenvalue weighted by Crippen LogP contribution is -2.37. The van der Waals surface area contributed by atoms with Crippen molar-refractivity contribution in [3.05, 3.63) is 28.2 Å². The largest absolute Gasteiger partial charge is 0.393 e. The highest BCUT2D eigenvalue weighted by Crippen LogP contribution is 2.28. The van der Waals surface area contributed by atoms with Crippen molar-refractivity contribution in [2.45, 2.75) is 32.4 Å². The predicted molar refractivity (Wildman–Crippen MR) is 78.7 cm³/mol. The summed E-state index contributed by atoms with van der Waals surface area (Å²) in [5, 5.41) is 9.61. The van der Waals surface area contributed by atoms with Gasteiger partial charge in [-0.1, -0.05) is 22.0 Å².